The minimum atomic E-state index is 0.391. The summed E-state index contributed by atoms with van der Waals surface area (Å²) in [6, 6.07) is 7.52. The van der Waals surface area contributed by atoms with Gasteiger partial charge in [-0.15, -0.1) is 0 Å². The van der Waals surface area contributed by atoms with Gasteiger partial charge in [0.05, 0.1) is 30.5 Å². The molecule has 1 saturated heterocycles. The van der Waals surface area contributed by atoms with Gasteiger partial charge in [-0.1, -0.05) is 0 Å². The maximum Gasteiger partial charge on any atom is 0.143 e. The zero-order chi connectivity index (χ0) is 12.8. The number of ether oxygens (including phenoxy) is 2. The minimum Gasteiger partial charge on any atom is -0.495 e. The van der Waals surface area contributed by atoms with Gasteiger partial charge in [-0.05, 0) is 31.4 Å². The molecule has 1 aromatic rings. The first-order chi connectivity index (χ1) is 8.83. The van der Waals surface area contributed by atoms with Crippen LogP contribution in [-0.2, 0) is 4.74 Å². The van der Waals surface area contributed by atoms with E-state index in [1.165, 1.54) is 6.42 Å². The van der Waals surface area contributed by atoms with Crippen LogP contribution in [-0.4, -0.2) is 26.4 Å². The number of nitrogens with zero attached hydrogens (tertiary/aromatic N) is 1. The van der Waals surface area contributed by atoms with Crippen molar-refractivity contribution >= 4 is 5.69 Å². The lowest BCUT2D eigenvalue weighted by atomic mass is 10.1. The highest BCUT2D eigenvalue weighted by Gasteiger charge is 2.14. The fraction of sp³-hybridized carbons (Fsp3) is 0.500. The largest absolute Gasteiger partial charge is 0.495 e. The molecular weight excluding hydrogens is 228 g/mol. The van der Waals surface area contributed by atoms with Crippen LogP contribution < -0.4 is 10.1 Å². The third-order valence-corrected chi connectivity index (χ3v) is 3.14. The lowest BCUT2D eigenvalue weighted by molar-refractivity contribution is 0.107. The average Bonchev–Trinajstić information content (AvgIpc) is 2.92. The number of anilines is 1. The predicted octanol–water partition coefficient (Wildman–Crippen LogP) is 2.55. The molecule has 1 aromatic carbocycles. The van der Waals surface area contributed by atoms with Crippen LogP contribution in [0.1, 0.15) is 24.8 Å². The molecule has 1 atom stereocenters. The van der Waals surface area contributed by atoms with E-state index in [0.717, 1.165) is 31.7 Å². The Labute approximate surface area is 108 Å². The van der Waals surface area contributed by atoms with E-state index in [-0.39, 0.29) is 0 Å². The van der Waals surface area contributed by atoms with E-state index >= 15 is 0 Å². The van der Waals surface area contributed by atoms with Crippen molar-refractivity contribution < 1.29 is 9.47 Å². The van der Waals surface area contributed by atoms with Crippen molar-refractivity contribution in [3.05, 3.63) is 23.8 Å². The first-order valence-electron chi connectivity index (χ1n) is 6.27. The molecule has 18 heavy (non-hydrogen) atoms. The molecule has 0 radical (unpaired) electrons. The number of methoxy groups -OCH3 is 1. The van der Waals surface area contributed by atoms with Gasteiger partial charge in [0.25, 0.3) is 0 Å². The maximum absolute atomic E-state index is 8.83. The lowest BCUT2D eigenvalue weighted by Gasteiger charge is -2.13. The second kappa shape index (κ2) is 6.27. The van der Waals surface area contributed by atoms with Crippen LogP contribution in [0.5, 0.6) is 5.75 Å². The molecule has 0 amide bonds. The molecule has 0 aliphatic carbocycles. The van der Waals surface area contributed by atoms with Gasteiger partial charge in [0.1, 0.15) is 5.75 Å². The Balaban J connectivity index is 1.90. The van der Waals surface area contributed by atoms with Crippen molar-refractivity contribution in [3.63, 3.8) is 0 Å². The number of benzene rings is 1. The summed E-state index contributed by atoms with van der Waals surface area (Å²) in [7, 11) is 1.61. The SMILES string of the molecule is COc1cc(C#N)ccc1NCCC1CCCO1. The Kier molecular flexibility index (Phi) is 4.43. The first-order valence-corrected chi connectivity index (χ1v) is 6.27. The van der Waals surface area contributed by atoms with E-state index in [2.05, 4.69) is 11.4 Å². The van der Waals surface area contributed by atoms with E-state index in [1.54, 1.807) is 19.2 Å². The van der Waals surface area contributed by atoms with E-state index in [0.29, 0.717) is 17.4 Å². The topological polar surface area (TPSA) is 54.3 Å². The van der Waals surface area contributed by atoms with Crippen LogP contribution in [0.4, 0.5) is 5.69 Å². The van der Waals surface area contributed by atoms with Crippen LogP contribution >= 0.6 is 0 Å². The Hall–Kier alpha value is -1.73. The molecule has 0 bridgehead atoms. The van der Waals surface area contributed by atoms with Crippen molar-refractivity contribution in [2.24, 2.45) is 0 Å². The van der Waals surface area contributed by atoms with Crippen molar-refractivity contribution in [2.75, 3.05) is 25.6 Å². The quantitative estimate of drug-likeness (QED) is 0.867. The predicted molar refractivity (Wildman–Crippen MR) is 69.8 cm³/mol. The maximum atomic E-state index is 8.83. The normalized spacial score (nSPS) is 18.3. The molecule has 1 aliphatic rings. The highest BCUT2D eigenvalue weighted by atomic mass is 16.5. The highest BCUT2D eigenvalue weighted by Crippen LogP contribution is 2.25. The number of nitrogens with one attached hydrogen (secondary N) is 1. The van der Waals surface area contributed by atoms with Gasteiger partial charge < -0.3 is 14.8 Å². The molecule has 2 rings (SSSR count). The summed E-state index contributed by atoms with van der Waals surface area (Å²) in [5.41, 5.74) is 1.53. The van der Waals surface area contributed by atoms with E-state index in [9.17, 15) is 0 Å². The molecule has 1 N–H and O–H groups in total. The van der Waals surface area contributed by atoms with Gasteiger partial charge in [-0.3, -0.25) is 0 Å². The van der Waals surface area contributed by atoms with Crippen molar-refractivity contribution in [1.82, 2.24) is 0 Å². The smallest absolute Gasteiger partial charge is 0.143 e. The summed E-state index contributed by atoms with van der Waals surface area (Å²) in [5.74, 6) is 0.710. The second-order valence-electron chi connectivity index (χ2n) is 4.38. The minimum absolute atomic E-state index is 0.391. The van der Waals surface area contributed by atoms with Gasteiger partial charge in [-0.25, -0.2) is 0 Å². The Morgan fingerprint density at radius 2 is 2.44 bits per heavy atom. The molecule has 4 heteroatoms. The van der Waals surface area contributed by atoms with Gasteiger partial charge in [-0.2, -0.15) is 5.26 Å². The average molecular weight is 246 g/mol. The number of hydrogen-bond donors (Lipinski definition) is 1. The van der Waals surface area contributed by atoms with Crippen LogP contribution in [0.15, 0.2) is 18.2 Å². The number of hydrogen-bond acceptors (Lipinski definition) is 4. The van der Waals surface area contributed by atoms with Gasteiger partial charge >= 0.3 is 0 Å². The van der Waals surface area contributed by atoms with Crippen molar-refractivity contribution in [3.8, 4) is 11.8 Å². The highest BCUT2D eigenvalue weighted by molar-refractivity contribution is 5.59. The standard InChI is InChI=1S/C14H18N2O2/c1-17-14-9-11(10-15)4-5-13(14)16-7-6-12-3-2-8-18-12/h4-5,9,12,16H,2-3,6-8H2,1H3. The monoisotopic (exact) mass is 246 g/mol. The first kappa shape index (κ1) is 12.7. The molecule has 1 fully saturated rings. The van der Waals surface area contributed by atoms with Crippen molar-refractivity contribution in [1.29, 1.82) is 5.26 Å². The summed E-state index contributed by atoms with van der Waals surface area (Å²) in [5, 5.41) is 12.2. The van der Waals surface area contributed by atoms with Crippen LogP contribution in [0, 0.1) is 11.3 Å². The number of nitriles is 1. The van der Waals surface area contributed by atoms with Crippen molar-refractivity contribution in [2.45, 2.75) is 25.4 Å². The Morgan fingerprint density at radius 1 is 1.56 bits per heavy atom. The summed E-state index contributed by atoms with van der Waals surface area (Å²) >= 11 is 0. The third-order valence-electron chi connectivity index (χ3n) is 3.14. The van der Waals surface area contributed by atoms with Gasteiger partial charge in [0.15, 0.2) is 0 Å². The fourth-order valence-electron chi connectivity index (χ4n) is 2.15. The Morgan fingerprint density at radius 3 is 3.11 bits per heavy atom. The zero-order valence-electron chi connectivity index (χ0n) is 10.6. The van der Waals surface area contributed by atoms with Crippen LogP contribution in [0.25, 0.3) is 0 Å². The molecule has 1 aliphatic heterocycles. The summed E-state index contributed by atoms with van der Waals surface area (Å²) < 4.78 is 10.8. The van der Waals surface area contributed by atoms with Crippen LogP contribution in [0.2, 0.25) is 0 Å². The molecule has 0 saturated carbocycles. The molecule has 1 heterocycles. The third kappa shape index (κ3) is 3.14. The summed E-state index contributed by atoms with van der Waals surface area (Å²) in [6.07, 6.45) is 3.72. The van der Waals surface area contributed by atoms with Gasteiger partial charge in [0.2, 0.25) is 0 Å². The molecule has 4 nitrogen and oxygen atoms in total. The lowest BCUT2D eigenvalue weighted by Crippen LogP contribution is -2.12. The van der Waals surface area contributed by atoms with E-state index in [4.69, 9.17) is 14.7 Å². The molecule has 96 valence electrons. The second-order valence-corrected chi connectivity index (χ2v) is 4.38. The summed E-state index contributed by atoms with van der Waals surface area (Å²) in [4.78, 5) is 0. The van der Waals surface area contributed by atoms with Crippen LogP contribution in [0.3, 0.4) is 0 Å². The molecule has 0 aromatic heterocycles. The van der Waals surface area contributed by atoms with E-state index in [1.807, 2.05) is 6.07 Å². The molecule has 1 unspecified atom stereocenters. The fourth-order valence-corrected chi connectivity index (χ4v) is 2.15. The molecule has 0 spiro atoms. The zero-order valence-corrected chi connectivity index (χ0v) is 10.6. The van der Waals surface area contributed by atoms with E-state index < -0.39 is 0 Å². The van der Waals surface area contributed by atoms with Gasteiger partial charge in [0, 0.05) is 19.2 Å². The number of rotatable bonds is 5. The molecular formula is C14H18N2O2. The summed E-state index contributed by atoms with van der Waals surface area (Å²) in [6.45, 7) is 1.75. The Bertz CT molecular complexity index is 434.